The molecule has 0 atom stereocenters. The SMILES string of the molecule is CC(C)c1[nH]c(-c2ccc(Cl)cc2Cl)nc1-c1ccccc1. The van der Waals surface area contributed by atoms with Crippen molar-refractivity contribution < 1.29 is 0 Å². The van der Waals surface area contributed by atoms with E-state index in [1.807, 2.05) is 30.3 Å². The smallest absolute Gasteiger partial charge is 0.139 e. The molecule has 2 aromatic carbocycles. The van der Waals surface area contributed by atoms with Gasteiger partial charge in [-0.15, -0.1) is 0 Å². The summed E-state index contributed by atoms with van der Waals surface area (Å²) in [5.41, 5.74) is 4.03. The van der Waals surface area contributed by atoms with Gasteiger partial charge >= 0.3 is 0 Å². The Morgan fingerprint density at radius 3 is 2.36 bits per heavy atom. The monoisotopic (exact) mass is 330 g/mol. The summed E-state index contributed by atoms with van der Waals surface area (Å²) in [6.45, 7) is 4.29. The largest absolute Gasteiger partial charge is 0.341 e. The van der Waals surface area contributed by atoms with E-state index in [1.165, 1.54) is 0 Å². The Balaban J connectivity index is 2.15. The van der Waals surface area contributed by atoms with E-state index < -0.39 is 0 Å². The molecule has 4 heteroatoms. The summed E-state index contributed by atoms with van der Waals surface area (Å²) in [7, 11) is 0. The highest BCUT2D eigenvalue weighted by Gasteiger charge is 2.17. The normalized spacial score (nSPS) is 11.1. The van der Waals surface area contributed by atoms with Crippen molar-refractivity contribution in [2.45, 2.75) is 19.8 Å². The molecule has 0 saturated carbocycles. The third kappa shape index (κ3) is 2.90. The lowest BCUT2D eigenvalue weighted by Gasteiger charge is -2.05. The first kappa shape index (κ1) is 15.1. The van der Waals surface area contributed by atoms with Crippen LogP contribution in [-0.4, -0.2) is 9.97 Å². The number of nitrogens with zero attached hydrogens (tertiary/aromatic N) is 1. The van der Waals surface area contributed by atoms with Crippen LogP contribution in [-0.2, 0) is 0 Å². The van der Waals surface area contributed by atoms with Crippen molar-refractivity contribution in [1.29, 1.82) is 0 Å². The van der Waals surface area contributed by atoms with Crippen LogP contribution in [0.3, 0.4) is 0 Å². The number of halogens is 2. The fraction of sp³-hybridized carbons (Fsp3) is 0.167. The summed E-state index contributed by atoms with van der Waals surface area (Å²) in [6.07, 6.45) is 0. The van der Waals surface area contributed by atoms with Gasteiger partial charge in [0.05, 0.1) is 10.7 Å². The van der Waals surface area contributed by atoms with Crippen molar-refractivity contribution in [3.63, 3.8) is 0 Å². The predicted octanol–water partition coefficient (Wildman–Crippen LogP) is 6.17. The van der Waals surface area contributed by atoms with Gasteiger partial charge in [-0.2, -0.15) is 0 Å². The Kier molecular flexibility index (Phi) is 4.23. The lowest BCUT2D eigenvalue weighted by Crippen LogP contribution is -1.91. The van der Waals surface area contributed by atoms with Crippen molar-refractivity contribution in [2.24, 2.45) is 0 Å². The summed E-state index contributed by atoms with van der Waals surface area (Å²) in [5, 5.41) is 1.21. The molecule has 1 heterocycles. The fourth-order valence-corrected chi connectivity index (χ4v) is 2.93. The highest BCUT2D eigenvalue weighted by Crippen LogP contribution is 2.34. The maximum absolute atomic E-state index is 6.31. The van der Waals surface area contributed by atoms with Crippen molar-refractivity contribution in [3.05, 3.63) is 64.3 Å². The van der Waals surface area contributed by atoms with Crippen LogP contribution in [0.2, 0.25) is 10.0 Å². The first-order valence-electron chi connectivity index (χ1n) is 7.17. The predicted molar refractivity (Wildman–Crippen MR) is 93.6 cm³/mol. The minimum absolute atomic E-state index is 0.336. The average Bonchev–Trinajstić information content (AvgIpc) is 2.93. The van der Waals surface area contributed by atoms with Crippen molar-refractivity contribution in [2.75, 3.05) is 0 Å². The van der Waals surface area contributed by atoms with Crippen LogP contribution < -0.4 is 0 Å². The van der Waals surface area contributed by atoms with E-state index in [0.717, 1.165) is 28.3 Å². The molecular formula is C18H16Cl2N2. The standard InChI is InChI=1S/C18H16Cl2N2/c1-11(2)16-17(12-6-4-3-5-7-12)22-18(21-16)14-9-8-13(19)10-15(14)20/h3-11H,1-2H3,(H,21,22). The van der Waals surface area contributed by atoms with E-state index in [1.54, 1.807) is 6.07 Å². The van der Waals surface area contributed by atoms with Gasteiger partial charge < -0.3 is 4.98 Å². The van der Waals surface area contributed by atoms with E-state index in [-0.39, 0.29) is 0 Å². The summed E-state index contributed by atoms with van der Waals surface area (Å²) in [4.78, 5) is 8.20. The van der Waals surface area contributed by atoms with E-state index >= 15 is 0 Å². The Labute approximate surface area is 140 Å². The minimum atomic E-state index is 0.336. The second-order valence-electron chi connectivity index (χ2n) is 5.49. The van der Waals surface area contributed by atoms with Crippen LogP contribution >= 0.6 is 23.2 Å². The molecule has 3 rings (SSSR count). The molecule has 1 N–H and O–H groups in total. The number of aromatic amines is 1. The molecular weight excluding hydrogens is 315 g/mol. The van der Waals surface area contributed by atoms with Gasteiger partial charge in [0.25, 0.3) is 0 Å². The van der Waals surface area contributed by atoms with E-state index in [4.69, 9.17) is 28.2 Å². The van der Waals surface area contributed by atoms with Crippen LogP contribution in [0.5, 0.6) is 0 Å². The van der Waals surface area contributed by atoms with Gasteiger partial charge in [-0.05, 0) is 24.1 Å². The summed E-state index contributed by atoms with van der Waals surface area (Å²) >= 11 is 12.3. The second kappa shape index (κ2) is 6.15. The Bertz CT molecular complexity index is 792. The third-order valence-electron chi connectivity index (χ3n) is 3.54. The molecule has 0 amide bonds. The number of aromatic nitrogens is 2. The maximum atomic E-state index is 6.31. The van der Waals surface area contributed by atoms with Crippen LogP contribution in [0.4, 0.5) is 0 Å². The van der Waals surface area contributed by atoms with Gasteiger partial charge in [-0.25, -0.2) is 4.98 Å². The van der Waals surface area contributed by atoms with Crippen molar-refractivity contribution >= 4 is 23.2 Å². The van der Waals surface area contributed by atoms with Crippen molar-refractivity contribution in [1.82, 2.24) is 9.97 Å². The number of imidazole rings is 1. The van der Waals surface area contributed by atoms with E-state index in [9.17, 15) is 0 Å². The molecule has 0 saturated heterocycles. The summed E-state index contributed by atoms with van der Waals surface area (Å²) in [6, 6.07) is 15.6. The number of hydrogen-bond donors (Lipinski definition) is 1. The average molecular weight is 331 g/mol. The Morgan fingerprint density at radius 2 is 1.73 bits per heavy atom. The number of H-pyrrole nitrogens is 1. The Hall–Kier alpha value is -1.77. The van der Waals surface area contributed by atoms with Gasteiger partial charge in [0, 0.05) is 21.8 Å². The number of hydrogen-bond acceptors (Lipinski definition) is 1. The number of benzene rings is 2. The van der Waals surface area contributed by atoms with E-state index in [0.29, 0.717) is 16.0 Å². The van der Waals surface area contributed by atoms with Crippen LogP contribution in [0, 0.1) is 0 Å². The molecule has 0 fully saturated rings. The highest BCUT2D eigenvalue weighted by molar-refractivity contribution is 6.36. The minimum Gasteiger partial charge on any atom is -0.341 e. The molecule has 112 valence electrons. The molecule has 0 radical (unpaired) electrons. The van der Waals surface area contributed by atoms with Crippen LogP contribution in [0.25, 0.3) is 22.6 Å². The van der Waals surface area contributed by atoms with Crippen molar-refractivity contribution in [3.8, 4) is 22.6 Å². The molecule has 1 aromatic heterocycles. The molecule has 2 nitrogen and oxygen atoms in total. The van der Waals surface area contributed by atoms with Crippen LogP contribution in [0.15, 0.2) is 48.5 Å². The summed E-state index contributed by atoms with van der Waals surface area (Å²) in [5.74, 6) is 1.10. The van der Waals surface area contributed by atoms with Gasteiger partial charge in [0.2, 0.25) is 0 Å². The quantitative estimate of drug-likeness (QED) is 0.610. The van der Waals surface area contributed by atoms with Gasteiger partial charge in [-0.1, -0.05) is 67.4 Å². The molecule has 0 spiro atoms. The first-order chi connectivity index (χ1) is 10.6. The molecule has 3 aromatic rings. The maximum Gasteiger partial charge on any atom is 0.139 e. The Morgan fingerprint density at radius 1 is 1.00 bits per heavy atom. The van der Waals surface area contributed by atoms with Crippen LogP contribution in [0.1, 0.15) is 25.5 Å². The topological polar surface area (TPSA) is 28.7 Å². The van der Waals surface area contributed by atoms with Gasteiger partial charge in [0.15, 0.2) is 0 Å². The van der Waals surface area contributed by atoms with E-state index in [2.05, 4.69) is 31.0 Å². The lowest BCUT2D eigenvalue weighted by atomic mass is 10.0. The third-order valence-corrected chi connectivity index (χ3v) is 4.09. The lowest BCUT2D eigenvalue weighted by molar-refractivity contribution is 0.835. The molecule has 0 unspecified atom stereocenters. The molecule has 22 heavy (non-hydrogen) atoms. The number of nitrogens with one attached hydrogen (secondary N) is 1. The van der Waals surface area contributed by atoms with Gasteiger partial charge in [0.1, 0.15) is 5.82 Å². The fourth-order valence-electron chi connectivity index (χ4n) is 2.43. The zero-order chi connectivity index (χ0) is 15.7. The molecule has 0 bridgehead atoms. The molecule has 0 aliphatic rings. The summed E-state index contributed by atoms with van der Waals surface area (Å²) < 4.78 is 0. The molecule has 0 aliphatic heterocycles. The zero-order valence-corrected chi connectivity index (χ0v) is 13.9. The second-order valence-corrected chi connectivity index (χ2v) is 6.34. The number of rotatable bonds is 3. The zero-order valence-electron chi connectivity index (χ0n) is 12.4. The van der Waals surface area contributed by atoms with Gasteiger partial charge in [-0.3, -0.25) is 0 Å². The highest BCUT2D eigenvalue weighted by atomic mass is 35.5. The first-order valence-corrected chi connectivity index (χ1v) is 7.92. The molecule has 0 aliphatic carbocycles.